The summed E-state index contributed by atoms with van der Waals surface area (Å²) in [5.74, 6) is -1.41. The number of methoxy groups -OCH3 is 1. The second-order valence-electron chi connectivity index (χ2n) is 10.7. The predicted molar refractivity (Wildman–Crippen MR) is 173 cm³/mol. The minimum absolute atomic E-state index is 0.203. The first-order chi connectivity index (χ1) is 21.2. The highest BCUT2D eigenvalue weighted by atomic mass is 35.5. The molecule has 1 aliphatic heterocycles. The maximum absolute atomic E-state index is 10.9. The molecule has 0 amide bonds. The Hall–Kier alpha value is -3.95. The van der Waals surface area contributed by atoms with Crippen molar-refractivity contribution in [2.75, 3.05) is 53.0 Å². The number of carboxylic acid groups (broad SMARTS) is 2. The van der Waals surface area contributed by atoms with Crippen molar-refractivity contribution in [1.82, 2.24) is 9.80 Å². The average Bonchev–Trinajstić information content (AvgIpc) is 3.04. The minimum Gasteiger partial charge on any atom is -0.497 e. The second-order valence-corrected chi connectivity index (χ2v) is 11.2. The van der Waals surface area contributed by atoms with E-state index in [4.69, 9.17) is 31.3 Å². The average molecular weight is 619 g/mol. The van der Waals surface area contributed by atoms with Gasteiger partial charge >= 0.3 is 11.9 Å². The monoisotopic (exact) mass is 618 g/mol. The van der Waals surface area contributed by atoms with Crippen LogP contribution < -0.4 is 4.74 Å². The highest BCUT2D eigenvalue weighted by Gasteiger charge is 2.26. The summed E-state index contributed by atoms with van der Waals surface area (Å²) < 4.78 is 10.3. The molecule has 1 heterocycles. The summed E-state index contributed by atoms with van der Waals surface area (Å²) in [5.41, 5.74) is 3.33. The van der Waals surface area contributed by atoms with Crippen molar-refractivity contribution in [3.63, 3.8) is 0 Å². The molecule has 5 rings (SSSR count). The van der Waals surface area contributed by atoms with Crippen molar-refractivity contribution in [3.8, 4) is 5.75 Å². The van der Waals surface area contributed by atoms with Crippen molar-refractivity contribution >= 4 is 34.3 Å². The van der Waals surface area contributed by atoms with Gasteiger partial charge in [-0.3, -0.25) is 14.6 Å². The van der Waals surface area contributed by atoms with Crippen LogP contribution in [-0.2, 0) is 14.3 Å². The van der Waals surface area contributed by atoms with Crippen molar-refractivity contribution in [2.45, 2.75) is 18.9 Å². The highest BCUT2D eigenvalue weighted by Crippen LogP contribution is 2.30. The van der Waals surface area contributed by atoms with Crippen LogP contribution in [0.15, 0.2) is 91.0 Å². The van der Waals surface area contributed by atoms with E-state index < -0.39 is 17.9 Å². The highest BCUT2D eigenvalue weighted by molar-refractivity contribution is 6.30. The fraction of sp³-hybridized carbons (Fsp3) is 0.314. The SMILES string of the molecule is COc1ccc2cc(C(C)C(=O)O)ccc2c1.O=C(O)COCCN1CCN(C(c2ccccc2)c2ccc(Cl)cc2)CC1. The number of fused-ring (bicyclic) bond motifs is 1. The fourth-order valence-corrected chi connectivity index (χ4v) is 5.40. The zero-order chi connectivity index (χ0) is 31.5. The zero-order valence-corrected chi connectivity index (χ0v) is 25.8. The Morgan fingerprint density at radius 1 is 0.818 bits per heavy atom. The second kappa shape index (κ2) is 16.2. The number of piperazine rings is 1. The molecule has 0 bridgehead atoms. The number of carbonyl (C=O) groups is 2. The molecule has 1 aliphatic rings. The maximum atomic E-state index is 10.9. The summed E-state index contributed by atoms with van der Waals surface area (Å²) in [6.07, 6.45) is 0. The molecule has 1 fully saturated rings. The molecule has 0 aromatic heterocycles. The van der Waals surface area contributed by atoms with Gasteiger partial charge in [0.05, 0.1) is 25.7 Å². The van der Waals surface area contributed by atoms with Gasteiger partial charge in [-0.1, -0.05) is 78.3 Å². The normalized spacial score (nSPS) is 15.2. The van der Waals surface area contributed by atoms with Gasteiger partial charge in [0.25, 0.3) is 0 Å². The molecule has 2 unspecified atom stereocenters. The number of halogens is 1. The number of carboxylic acids is 2. The Labute approximate surface area is 263 Å². The molecule has 44 heavy (non-hydrogen) atoms. The van der Waals surface area contributed by atoms with Crippen molar-refractivity contribution in [1.29, 1.82) is 0 Å². The molecule has 8 nitrogen and oxygen atoms in total. The van der Waals surface area contributed by atoms with Gasteiger partial charge < -0.3 is 19.7 Å². The Bertz CT molecular complexity index is 1510. The molecule has 232 valence electrons. The quantitative estimate of drug-likeness (QED) is 0.192. The molecule has 1 saturated heterocycles. The summed E-state index contributed by atoms with van der Waals surface area (Å²) in [6.45, 7) is 6.44. The first-order valence-electron chi connectivity index (χ1n) is 14.6. The van der Waals surface area contributed by atoms with E-state index in [1.54, 1.807) is 14.0 Å². The van der Waals surface area contributed by atoms with Gasteiger partial charge in [0.1, 0.15) is 12.4 Å². The van der Waals surface area contributed by atoms with Gasteiger partial charge in [-0.05, 0) is 58.7 Å². The lowest BCUT2D eigenvalue weighted by Gasteiger charge is -2.39. The number of rotatable bonds is 11. The fourth-order valence-electron chi connectivity index (χ4n) is 5.27. The molecule has 9 heteroatoms. The van der Waals surface area contributed by atoms with Crippen LogP contribution in [-0.4, -0.2) is 85.0 Å². The van der Waals surface area contributed by atoms with Gasteiger partial charge in [0, 0.05) is 37.7 Å². The number of benzene rings is 4. The lowest BCUT2D eigenvalue weighted by molar-refractivity contribution is -0.142. The van der Waals surface area contributed by atoms with E-state index in [9.17, 15) is 9.59 Å². The Balaban J connectivity index is 0.000000223. The van der Waals surface area contributed by atoms with E-state index in [0.717, 1.165) is 59.8 Å². The van der Waals surface area contributed by atoms with Crippen molar-refractivity contribution in [3.05, 3.63) is 113 Å². The van der Waals surface area contributed by atoms with Gasteiger partial charge in [0.15, 0.2) is 0 Å². The first kappa shape index (κ1) is 33.0. The molecule has 4 aromatic rings. The van der Waals surface area contributed by atoms with Crippen LogP contribution in [0.4, 0.5) is 0 Å². The Morgan fingerprint density at radius 2 is 1.43 bits per heavy atom. The van der Waals surface area contributed by atoms with Crippen LogP contribution >= 0.6 is 11.6 Å². The standard InChI is InChI=1S/C21H25ClN2O3.C14H14O3/c22-19-8-6-18(7-9-19)21(17-4-2-1-3-5-17)24-12-10-23(11-13-24)14-15-27-16-20(25)26;1-9(14(15)16)10-3-4-12-8-13(17-2)6-5-11(12)7-10/h1-9,21H,10-16H2,(H,25,26);3-9H,1-2H3,(H,15,16). The van der Waals surface area contributed by atoms with Gasteiger partial charge in [-0.15, -0.1) is 0 Å². The number of nitrogens with zero attached hydrogens (tertiary/aromatic N) is 2. The van der Waals surface area contributed by atoms with E-state index in [0.29, 0.717) is 6.61 Å². The topological polar surface area (TPSA) is 99.5 Å². The molecular weight excluding hydrogens is 580 g/mol. The summed E-state index contributed by atoms with van der Waals surface area (Å²) in [7, 11) is 1.63. The van der Waals surface area contributed by atoms with Crippen LogP contribution in [0.2, 0.25) is 5.02 Å². The van der Waals surface area contributed by atoms with Crippen LogP contribution in [0.3, 0.4) is 0 Å². The summed E-state index contributed by atoms with van der Waals surface area (Å²) in [4.78, 5) is 26.2. The Morgan fingerprint density at radius 3 is 2.07 bits per heavy atom. The smallest absolute Gasteiger partial charge is 0.329 e. The van der Waals surface area contributed by atoms with Gasteiger partial charge in [-0.25, -0.2) is 4.79 Å². The molecule has 0 spiro atoms. The minimum atomic E-state index is -0.923. The lowest BCUT2D eigenvalue weighted by atomic mass is 9.96. The van der Waals surface area contributed by atoms with E-state index in [2.05, 4.69) is 46.2 Å². The van der Waals surface area contributed by atoms with Crippen LogP contribution in [0.5, 0.6) is 5.75 Å². The molecular formula is C35H39ClN2O6. The van der Waals surface area contributed by atoms with Crippen LogP contribution in [0.25, 0.3) is 10.8 Å². The number of hydrogen-bond acceptors (Lipinski definition) is 6. The number of hydrogen-bond donors (Lipinski definition) is 2. The van der Waals surface area contributed by atoms with Crippen molar-refractivity contribution in [2.24, 2.45) is 0 Å². The van der Waals surface area contributed by atoms with E-state index in [1.807, 2.05) is 54.6 Å². The molecule has 0 aliphatic carbocycles. The molecule has 2 N–H and O–H groups in total. The number of ether oxygens (including phenoxy) is 2. The number of aliphatic carboxylic acids is 2. The zero-order valence-electron chi connectivity index (χ0n) is 25.1. The summed E-state index contributed by atoms with van der Waals surface area (Å²) >= 11 is 6.08. The van der Waals surface area contributed by atoms with E-state index in [1.165, 1.54) is 11.1 Å². The van der Waals surface area contributed by atoms with E-state index in [-0.39, 0.29) is 12.6 Å². The summed E-state index contributed by atoms with van der Waals surface area (Å²) in [5, 5.41) is 20.4. The third kappa shape index (κ3) is 9.27. The largest absolute Gasteiger partial charge is 0.497 e. The Kier molecular flexibility index (Phi) is 12.1. The third-order valence-electron chi connectivity index (χ3n) is 7.79. The van der Waals surface area contributed by atoms with Crippen LogP contribution in [0, 0.1) is 0 Å². The third-order valence-corrected chi connectivity index (χ3v) is 8.04. The van der Waals surface area contributed by atoms with Crippen LogP contribution in [0.1, 0.15) is 35.6 Å². The molecule has 4 aromatic carbocycles. The predicted octanol–water partition coefficient (Wildman–Crippen LogP) is 6.18. The molecule has 2 atom stereocenters. The molecule has 0 radical (unpaired) electrons. The molecule has 0 saturated carbocycles. The maximum Gasteiger partial charge on any atom is 0.329 e. The summed E-state index contributed by atoms with van der Waals surface area (Å²) in [6, 6.07) is 30.3. The van der Waals surface area contributed by atoms with E-state index >= 15 is 0 Å². The van der Waals surface area contributed by atoms with Gasteiger partial charge in [0.2, 0.25) is 0 Å². The lowest BCUT2D eigenvalue weighted by Crippen LogP contribution is -2.48. The first-order valence-corrected chi connectivity index (χ1v) is 15.0. The van der Waals surface area contributed by atoms with Gasteiger partial charge in [-0.2, -0.15) is 0 Å². The van der Waals surface area contributed by atoms with Crippen molar-refractivity contribution < 1.29 is 29.3 Å².